The Balaban J connectivity index is 3.05. The molecule has 14 heavy (non-hydrogen) atoms. The van der Waals surface area contributed by atoms with E-state index >= 15 is 0 Å². The van der Waals surface area contributed by atoms with Crippen molar-refractivity contribution in [3.8, 4) is 0 Å². The van der Waals surface area contributed by atoms with Gasteiger partial charge in [0.05, 0.1) is 12.1 Å². The normalized spacial score (nSPS) is 11.6. The van der Waals surface area contributed by atoms with Crippen molar-refractivity contribution in [2.24, 2.45) is 5.73 Å². The second-order valence-corrected chi connectivity index (χ2v) is 3.73. The summed E-state index contributed by atoms with van der Waals surface area (Å²) in [6, 6.07) is 0. The number of nitrogens with zero attached hydrogens (tertiary/aromatic N) is 2. The molecule has 0 saturated heterocycles. The smallest absolute Gasteiger partial charge is 0.284 e. The molecule has 0 aliphatic rings. The molecule has 0 aliphatic carbocycles. The van der Waals surface area contributed by atoms with Crippen molar-refractivity contribution < 1.29 is 9.53 Å². The van der Waals surface area contributed by atoms with Gasteiger partial charge in [-0.15, -0.1) is 0 Å². The number of ether oxygens (including phenoxy) is 1. The Morgan fingerprint density at radius 3 is 2.86 bits per heavy atom. The summed E-state index contributed by atoms with van der Waals surface area (Å²) in [6.07, 6.45) is 3.27. The fourth-order valence-electron chi connectivity index (χ4n) is 1.40. The van der Waals surface area contributed by atoms with Crippen molar-refractivity contribution in [2.75, 3.05) is 13.7 Å². The van der Waals surface area contributed by atoms with Gasteiger partial charge in [-0.25, -0.2) is 4.98 Å². The second kappa shape index (κ2) is 3.79. The van der Waals surface area contributed by atoms with Gasteiger partial charge in [0.25, 0.3) is 5.91 Å². The molecule has 0 radical (unpaired) electrons. The third-order valence-corrected chi connectivity index (χ3v) is 2.01. The van der Waals surface area contributed by atoms with Crippen LogP contribution in [0.1, 0.15) is 24.5 Å². The minimum atomic E-state index is -0.529. The van der Waals surface area contributed by atoms with Crippen molar-refractivity contribution in [3.63, 3.8) is 0 Å². The fourth-order valence-corrected chi connectivity index (χ4v) is 1.40. The molecule has 0 spiro atoms. The molecule has 2 N–H and O–H groups in total. The number of aromatic nitrogens is 2. The lowest BCUT2D eigenvalue weighted by atomic mass is 10.1. The first-order valence-corrected chi connectivity index (χ1v) is 4.31. The zero-order chi connectivity index (χ0) is 10.8. The Kier molecular flexibility index (Phi) is 2.90. The lowest BCUT2D eigenvalue weighted by Gasteiger charge is -2.26. The number of hydrogen-bond donors (Lipinski definition) is 1. The van der Waals surface area contributed by atoms with Gasteiger partial charge >= 0.3 is 0 Å². The summed E-state index contributed by atoms with van der Waals surface area (Å²) in [4.78, 5) is 14.9. The Morgan fingerprint density at radius 2 is 2.36 bits per heavy atom. The van der Waals surface area contributed by atoms with Crippen LogP contribution in [0.3, 0.4) is 0 Å². The summed E-state index contributed by atoms with van der Waals surface area (Å²) in [5.41, 5.74) is 4.86. The standard InChI is InChI=1S/C9H15N3O2/c1-9(2,6-14-3)12-5-4-11-8(12)7(10)13/h4-5H,6H2,1-3H3,(H2,10,13). The number of methoxy groups -OCH3 is 1. The van der Waals surface area contributed by atoms with E-state index in [2.05, 4.69) is 4.98 Å². The molecule has 1 amide bonds. The van der Waals surface area contributed by atoms with Crippen LogP contribution in [0.4, 0.5) is 0 Å². The Hall–Kier alpha value is -1.36. The molecule has 0 bridgehead atoms. The van der Waals surface area contributed by atoms with Gasteiger partial charge in [-0.2, -0.15) is 0 Å². The average Bonchev–Trinajstić information content (AvgIpc) is 2.51. The van der Waals surface area contributed by atoms with E-state index in [1.165, 1.54) is 0 Å². The van der Waals surface area contributed by atoms with Crippen molar-refractivity contribution in [1.82, 2.24) is 9.55 Å². The van der Waals surface area contributed by atoms with Crippen molar-refractivity contribution in [3.05, 3.63) is 18.2 Å². The molecule has 0 unspecified atom stereocenters. The largest absolute Gasteiger partial charge is 0.382 e. The van der Waals surface area contributed by atoms with E-state index in [9.17, 15) is 4.79 Å². The number of carbonyl (C=O) groups is 1. The summed E-state index contributed by atoms with van der Waals surface area (Å²) in [7, 11) is 1.61. The molecule has 1 aromatic rings. The highest BCUT2D eigenvalue weighted by molar-refractivity contribution is 5.89. The van der Waals surface area contributed by atoms with Gasteiger partial charge < -0.3 is 15.0 Å². The maximum atomic E-state index is 11.0. The minimum absolute atomic E-state index is 0.257. The van der Waals surface area contributed by atoms with E-state index in [0.29, 0.717) is 6.61 Å². The number of imidazole rings is 1. The van der Waals surface area contributed by atoms with Crippen LogP contribution in [0.5, 0.6) is 0 Å². The number of carbonyl (C=O) groups excluding carboxylic acids is 1. The molecule has 5 nitrogen and oxygen atoms in total. The highest BCUT2D eigenvalue weighted by Gasteiger charge is 2.24. The highest BCUT2D eigenvalue weighted by atomic mass is 16.5. The van der Waals surface area contributed by atoms with E-state index in [4.69, 9.17) is 10.5 Å². The predicted octanol–water partition coefficient (Wildman–Crippen LogP) is 0.364. The van der Waals surface area contributed by atoms with Gasteiger partial charge in [0, 0.05) is 19.5 Å². The maximum absolute atomic E-state index is 11.0. The van der Waals surface area contributed by atoms with Crippen LogP contribution in [-0.4, -0.2) is 29.2 Å². The predicted molar refractivity (Wildman–Crippen MR) is 51.9 cm³/mol. The first-order chi connectivity index (χ1) is 6.49. The van der Waals surface area contributed by atoms with E-state index in [-0.39, 0.29) is 11.4 Å². The monoisotopic (exact) mass is 197 g/mol. The molecular formula is C9H15N3O2. The number of nitrogens with two attached hydrogens (primary N) is 1. The molecule has 0 fully saturated rings. The van der Waals surface area contributed by atoms with Crippen LogP contribution in [0, 0.1) is 0 Å². The van der Waals surface area contributed by atoms with E-state index in [1.54, 1.807) is 24.1 Å². The lowest BCUT2D eigenvalue weighted by Crippen LogP contribution is -2.34. The Bertz CT molecular complexity index is 331. The van der Waals surface area contributed by atoms with Gasteiger partial charge in [0.1, 0.15) is 0 Å². The Labute approximate surface area is 82.9 Å². The molecule has 0 atom stereocenters. The zero-order valence-corrected chi connectivity index (χ0v) is 8.65. The van der Waals surface area contributed by atoms with E-state index < -0.39 is 5.91 Å². The molecular weight excluding hydrogens is 182 g/mol. The van der Waals surface area contributed by atoms with Crippen molar-refractivity contribution in [1.29, 1.82) is 0 Å². The molecule has 0 aromatic carbocycles. The molecule has 1 heterocycles. The molecule has 78 valence electrons. The van der Waals surface area contributed by atoms with Crippen LogP contribution in [-0.2, 0) is 10.3 Å². The third-order valence-electron chi connectivity index (χ3n) is 2.01. The number of rotatable bonds is 4. The highest BCUT2D eigenvalue weighted by Crippen LogP contribution is 2.17. The van der Waals surface area contributed by atoms with Gasteiger partial charge in [-0.05, 0) is 13.8 Å². The first-order valence-electron chi connectivity index (χ1n) is 4.31. The van der Waals surface area contributed by atoms with Gasteiger partial charge in [-0.1, -0.05) is 0 Å². The first kappa shape index (κ1) is 10.7. The van der Waals surface area contributed by atoms with Crippen LogP contribution < -0.4 is 5.73 Å². The second-order valence-electron chi connectivity index (χ2n) is 3.73. The zero-order valence-electron chi connectivity index (χ0n) is 8.65. The maximum Gasteiger partial charge on any atom is 0.284 e. The quantitative estimate of drug-likeness (QED) is 0.757. The van der Waals surface area contributed by atoms with Crippen molar-refractivity contribution in [2.45, 2.75) is 19.4 Å². The molecule has 0 saturated carbocycles. The third kappa shape index (κ3) is 1.93. The number of amides is 1. The van der Waals surface area contributed by atoms with Crippen LogP contribution in [0.2, 0.25) is 0 Å². The van der Waals surface area contributed by atoms with Gasteiger partial charge in [0.2, 0.25) is 0 Å². The molecule has 5 heteroatoms. The topological polar surface area (TPSA) is 70.1 Å². The van der Waals surface area contributed by atoms with Crippen molar-refractivity contribution >= 4 is 5.91 Å². The van der Waals surface area contributed by atoms with E-state index in [1.807, 2.05) is 13.8 Å². The average molecular weight is 197 g/mol. The van der Waals surface area contributed by atoms with Crippen LogP contribution in [0.25, 0.3) is 0 Å². The lowest BCUT2D eigenvalue weighted by molar-refractivity contribution is 0.0922. The summed E-state index contributed by atoms with van der Waals surface area (Å²) in [5.74, 6) is -0.272. The molecule has 1 aromatic heterocycles. The van der Waals surface area contributed by atoms with E-state index in [0.717, 1.165) is 0 Å². The Morgan fingerprint density at radius 1 is 1.71 bits per heavy atom. The summed E-state index contributed by atoms with van der Waals surface area (Å²) >= 11 is 0. The fraction of sp³-hybridized carbons (Fsp3) is 0.556. The summed E-state index contributed by atoms with van der Waals surface area (Å²) < 4.78 is 6.79. The van der Waals surface area contributed by atoms with Gasteiger partial charge in [-0.3, -0.25) is 4.79 Å². The number of primary amides is 1. The number of hydrogen-bond acceptors (Lipinski definition) is 3. The summed E-state index contributed by atoms with van der Waals surface area (Å²) in [5, 5.41) is 0. The minimum Gasteiger partial charge on any atom is -0.382 e. The summed E-state index contributed by atoms with van der Waals surface area (Å²) in [6.45, 7) is 4.39. The SMILES string of the molecule is COCC(C)(C)n1ccnc1C(N)=O. The molecule has 1 rings (SSSR count). The molecule has 0 aliphatic heterocycles. The van der Waals surface area contributed by atoms with Gasteiger partial charge in [0.15, 0.2) is 5.82 Å². The van der Waals surface area contributed by atoms with Crippen LogP contribution >= 0.6 is 0 Å². The van der Waals surface area contributed by atoms with Crippen LogP contribution in [0.15, 0.2) is 12.4 Å².